The molecule has 0 aliphatic carbocycles. The highest BCUT2D eigenvalue weighted by atomic mass is 35.5. The topological polar surface area (TPSA) is 33.1 Å². The first-order valence-electron chi connectivity index (χ1n) is 3.69. The molecule has 1 unspecified atom stereocenters. The van der Waals surface area contributed by atoms with Crippen molar-refractivity contribution in [2.45, 2.75) is 19.2 Å². The number of aliphatic hydroxyl groups excluding tert-OH is 1. The minimum atomic E-state index is -4.72. The molecule has 0 amide bonds. The van der Waals surface area contributed by atoms with Crippen molar-refractivity contribution in [3.63, 3.8) is 0 Å². The molecule has 0 radical (unpaired) electrons. The zero-order chi connectivity index (χ0) is 10.9. The van der Waals surface area contributed by atoms with Gasteiger partial charge in [0.2, 0.25) is 0 Å². The van der Waals surface area contributed by atoms with Crippen molar-refractivity contribution < 1.29 is 18.3 Å². The van der Waals surface area contributed by atoms with Crippen LogP contribution in [0.5, 0.6) is 0 Å². The summed E-state index contributed by atoms with van der Waals surface area (Å²) in [6.07, 6.45) is -5.98. The van der Waals surface area contributed by atoms with Crippen LogP contribution in [0.3, 0.4) is 0 Å². The molecule has 1 rings (SSSR count). The average molecular weight is 226 g/mol. The molecule has 0 fully saturated rings. The molecule has 14 heavy (non-hydrogen) atoms. The summed E-state index contributed by atoms with van der Waals surface area (Å²) in [7, 11) is 0. The Labute approximate surface area is 83.3 Å². The van der Waals surface area contributed by atoms with Crippen molar-refractivity contribution in [1.82, 2.24) is 4.98 Å². The lowest BCUT2D eigenvalue weighted by molar-refractivity contribution is -0.206. The Morgan fingerprint density at radius 3 is 2.57 bits per heavy atom. The molecular weight excluding hydrogens is 219 g/mol. The summed E-state index contributed by atoms with van der Waals surface area (Å²) in [4.78, 5) is 3.52. The van der Waals surface area contributed by atoms with Gasteiger partial charge >= 0.3 is 6.18 Å². The Morgan fingerprint density at radius 2 is 2.07 bits per heavy atom. The van der Waals surface area contributed by atoms with E-state index in [9.17, 15) is 13.2 Å². The van der Waals surface area contributed by atoms with Crippen molar-refractivity contribution in [3.05, 3.63) is 28.5 Å². The molecule has 2 nitrogen and oxygen atoms in total. The quantitative estimate of drug-likeness (QED) is 0.746. The summed E-state index contributed by atoms with van der Waals surface area (Å²) in [5.41, 5.74) is 0.0897. The fraction of sp³-hybridized carbons (Fsp3) is 0.375. The van der Waals surface area contributed by atoms with Crippen molar-refractivity contribution in [1.29, 1.82) is 0 Å². The van der Waals surface area contributed by atoms with E-state index >= 15 is 0 Å². The third kappa shape index (κ3) is 2.36. The minimum absolute atomic E-state index is 0.333. The van der Waals surface area contributed by atoms with E-state index in [0.717, 1.165) is 6.07 Å². The van der Waals surface area contributed by atoms with Gasteiger partial charge in [0.05, 0.1) is 0 Å². The summed E-state index contributed by atoms with van der Waals surface area (Å²) in [6.45, 7) is 1.57. The first kappa shape index (κ1) is 11.3. The Bertz CT molecular complexity index is 340. The molecule has 0 aliphatic heterocycles. The Hall–Kier alpha value is -0.810. The van der Waals surface area contributed by atoms with Crippen LogP contribution >= 0.6 is 11.6 Å². The number of aryl methyl sites for hydroxylation is 1. The van der Waals surface area contributed by atoms with E-state index in [1.165, 1.54) is 6.20 Å². The second-order valence-electron chi connectivity index (χ2n) is 2.84. The summed E-state index contributed by atoms with van der Waals surface area (Å²) in [5.74, 6) is 0. The maximum absolute atomic E-state index is 12.1. The molecule has 0 aromatic carbocycles. The van der Waals surface area contributed by atoms with E-state index in [1.807, 2.05) is 0 Å². The summed E-state index contributed by atoms with van der Waals surface area (Å²) < 4.78 is 36.3. The number of halogens is 4. The predicted octanol–water partition coefficient (Wildman–Crippen LogP) is 2.64. The van der Waals surface area contributed by atoms with Gasteiger partial charge in [0.1, 0.15) is 5.15 Å². The van der Waals surface area contributed by atoms with Crippen LogP contribution in [0.15, 0.2) is 12.3 Å². The number of pyridine rings is 1. The molecule has 1 N–H and O–H groups in total. The monoisotopic (exact) mass is 225 g/mol. The molecule has 78 valence electrons. The van der Waals surface area contributed by atoms with Gasteiger partial charge in [0.15, 0.2) is 6.10 Å². The Morgan fingerprint density at radius 1 is 1.50 bits per heavy atom. The number of nitrogens with zero attached hydrogens (tertiary/aromatic N) is 1. The lowest BCUT2D eigenvalue weighted by Gasteiger charge is -2.15. The molecule has 0 spiro atoms. The van der Waals surface area contributed by atoms with Crippen molar-refractivity contribution in [3.8, 4) is 0 Å². The molecule has 0 saturated heterocycles. The Balaban J connectivity index is 3.12. The van der Waals surface area contributed by atoms with E-state index < -0.39 is 17.8 Å². The molecule has 0 saturated carbocycles. The predicted molar refractivity (Wildman–Crippen MR) is 45.0 cm³/mol. The molecular formula is C8H7ClF3NO. The molecule has 1 heterocycles. The maximum Gasteiger partial charge on any atom is 0.418 e. The van der Waals surface area contributed by atoms with Gasteiger partial charge in [-0.1, -0.05) is 11.6 Å². The van der Waals surface area contributed by atoms with Crippen LogP contribution < -0.4 is 0 Å². The van der Waals surface area contributed by atoms with Crippen LogP contribution in [0.25, 0.3) is 0 Å². The van der Waals surface area contributed by atoms with Crippen molar-refractivity contribution in [2.24, 2.45) is 0 Å². The molecule has 0 aliphatic rings. The van der Waals surface area contributed by atoms with Crippen LogP contribution in [0, 0.1) is 6.92 Å². The highest BCUT2D eigenvalue weighted by Crippen LogP contribution is 2.35. The highest BCUT2D eigenvalue weighted by molar-refractivity contribution is 6.30. The molecule has 1 atom stereocenters. The highest BCUT2D eigenvalue weighted by Gasteiger charge is 2.40. The lowest BCUT2D eigenvalue weighted by atomic mass is 10.1. The van der Waals surface area contributed by atoms with Crippen LogP contribution in [0.4, 0.5) is 13.2 Å². The average Bonchev–Trinajstić information content (AvgIpc) is 2.06. The largest absolute Gasteiger partial charge is 0.418 e. The van der Waals surface area contributed by atoms with Crippen LogP contribution in [0.2, 0.25) is 5.15 Å². The first-order valence-corrected chi connectivity index (χ1v) is 4.07. The molecule has 1 aromatic heterocycles. The summed E-state index contributed by atoms with van der Waals surface area (Å²) in [5, 5.41) is 8.58. The number of hydrogen-bond donors (Lipinski definition) is 1. The van der Waals surface area contributed by atoms with E-state index in [0.29, 0.717) is 5.56 Å². The van der Waals surface area contributed by atoms with Gasteiger partial charge in [-0.3, -0.25) is 0 Å². The second-order valence-corrected chi connectivity index (χ2v) is 3.19. The lowest BCUT2D eigenvalue weighted by Crippen LogP contribution is -2.20. The van der Waals surface area contributed by atoms with Gasteiger partial charge in [0.25, 0.3) is 0 Å². The third-order valence-corrected chi connectivity index (χ3v) is 1.92. The second kappa shape index (κ2) is 3.74. The fourth-order valence-electron chi connectivity index (χ4n) is 0.943. The van der Waals surface area contributed by atoms with Gasteiger partial charge in [-0.15, -0.1) is 0 Å². The van der Waals surface area contributed by atoms with Gasteiger partial charge in [-0.2, -0.15) is 13.2 Å². The van der Waals surface area contributed by atoms with E-state index in [1.54, 1.807) is 6.92 Å². The maximum atomic E-state index is 12.1. The standard InChI is InChI=1S/C8H7ClF3NO/c1-4-2-5(7(9)13-3-4)6(14)8(10,11)12/h2-3,6,14H,1H3. The van der Waals surface area contributed by atoms with E-state index in [2.05, 4.69) is 4.98 Å². The van der Waals surface area contributed by atoms with Gasteiger partial charge in [-0.25, -0.2) is 4.98 Å². The number of aromatic nitrogens is 1. The van der Waals surface area contributed by atoms with Crippen molar-refractivity contribution >= 4 is 11.6 Å². The molecule has 1 aromatic rings. The smallest absolute Gasteiger partial charge is 0.379 e. The third-order valence-electron chi connectivity index (χ3n) is 1.61. The van der Waals surface area contributed by atoms with Gasteiger partial charge < -0.3 is 5.11 Å². The number of aliphatic hydroxyl groups is 1. The van der Waals surface area contributed by atoms with Crippen LogP contribution in [0.1, 0.15) is 17.2 Å². The Kier molecular flexibility index (Phi) is 3.01. The normalized spacial score (nSPS) is 14.1. The van der Waals surface area contributed by atoms with Crippen LogP contribution in [-0.4, -0.2) is 16.3 Å². The number of rotatable bonds is 1. The summed E-state index contributed by atoms with van der Waals surface area (Å²) in [6, 6.07) is 1.16. The SMILES string of the molecule is Cc1cnc(Cl)c(C(O)C(F)(F)F)c1. The number of alkyl halides is 3. The zero-order valence-electron chi connectivity index (χ0n) is 7.14. The minimum Gasteiger partial charge on any atom is -0.379 e. The van der Waals surface area contributed by atoms with Gasteiger partial charge in [0, 0.05) is 11.8 Å². The first-order chi connectivity index (χ1) is 6.32. The fourth-order valence-corrected chi connectivity index (χ4v) is 1.15. The molecule has 6 heteroatoms. The van der Waals surface area contributed by atoms with E-state index in [-0.39, 0.29) is 5.15 Å². The summed E-state index contributed by atoms with van der Waals surface area (Å²) >= 11 is 5.43. The van der Waals surface area contributed by atoms with Gasteiger partial charge in [-0.05, 0) is 18.6 Å². The molecule has 0 bridgehead atoms. The zero-order valence-corrected chi connectivity index (χ0v) is 7.89. The van der Waals surface area contributed by atoms with Crippen molar-refractivity contribution in [2.75, 3.05) is 0 Å². The van der Waals surface area contributed by atoms with E-state index in [4.69, 9.17) is 16.7 Å². The number of hydrogen-bond acceptors (Lipinski definition) is 2. The van der Waals surface area contributed by atoms with Crippen LogP contribution in [-0.2, 0) is 0 Å².